The Labute approximate surface area is 129 Å². The van der Waals surface area contributed by atoms with Crippen LogP contribution in [0.1, 0.15) is 36.7 Å². The monoisotopic (exact) mass is 303 g/mol. The first-order valence-corrected chi connectivity index (χ1v) is 7.26. The SMILES string of the molecule is CC(C)(C)c1ccc(C(=O)NCCN2C(=O)CNC2=O)cc1. The molecule has 1 aromatic carbocycles. The number of urea groups is 1. The van der Waals surface area contributed by atoms with Gasteiger partial charge in [-0.05, 0) is 23.1 Å². The third-order valence-corrected chi connectivity index (χ3v) is 3.57. The number of rotatable bonds is 4. The van der Waals surface area contributed by atoms with Crippen molar-refractivity contribution in [2.45, 2.75) is 26.2 Å². The lowest BCUT2D eigenvalue weighted by Crippen LogP contribution is -2.38. The molecule has 1 heterocycles. The van der Waals surface area contributed by atoms with Crippen molar-refractivity contribution >= 4 is 17.8 Å². The average Bonchev–Trinajstić information content (AvgIpc) is 2.78. The lowest BCUT2D eigenvalue weighted by atomic mass is 9.87. The Hall–Kier alpha value is -2.37. The van der Waals surface area contributed by atoms with E-state index in [0.717, 1.165) is 10.5 Å². The molecule has 6 nitrogen and oxygen atoms in total. The Kier molecular flexibility index (Phi) is 4.49. The van der Waals surface area contributed by atoms with Gasteiger partial charge in [-0.3, -0.25) is 14.5 Å². The minimum Gasteiger partial charge on any atom is -0.350 e. The molecule has 1 saturated heterocycles. The third kappa shape index (κ3) is 3.63. The van der Waals surface area contributed by atoms with Gasteiger partial charge in [-0.25, -0.2) is 4.79 Å². The second-order valence-electron chi connectivity index (χ2n) is 6.29. The van der Waals surface area contributed by atoms with Crippen molar-refractivity contribution in [3.63, 3.8) is 0 Å². The maximum atomic E-state index is 12.0. The first-order valence-electron chi connectivity index (χ1n) is 7.26. The number of nitrogens with one attached hydrogen (secondary N) is 2. The number of benzene rings is 1. The summed E-state index contributed by atoms with van der Waals surface area (Å²) in [4.78, 5) is 35.9. The first kappa shape index (κ1) is 16.0. The molecule has 4 amide bonds. The molecule has 22 heavy (non-hydrogen) atoms. The predicted octanol–water partition coefficient (Wildman–Crippen LogP) is 1.27. The lowest BCUT2D eigenvalue weighted by molar-refractivity contribution is -0.124. The van der Waals surface area contributed by atoms with E-state index >= 15 is 0 Å². The zero-order chi connectivity index (χ0) is 16.3. The topological polar surface area (TPSA) is 78.5 Å². The van der Waals surface area contributed by atoms with Crippen LogP contribution in [-0.4, -0.2) is 42.4 Å². The van der Waals surface area contributed by atoms with Crippen LogP contribution in [-0.2, 0) is 10.2 Å². The molecule has 0 bridgehead atoms. The smallest absolute Gasteiger partial charge is 0.324 e. The highest BCUT2D eigenvalue weighted by Crippen LogP contribution is 2.22. The Morgan fingerprint density at radius 3 is 2.36 bits per heavy atom. The summed E-state index contributed by atoms with van der Waals surface area (Å²) in [5.41, 5.74) is 1.76. The molecule has 0 spiro atoms. The van der Waals surface area contributed by atoms with Crippen LogP contribution in [0.25, 0.3) is 0 Å². The molecule has 0 saturated carbocycles. The van der Waals surface area contributed by atoms with Gasteiger partial charge in [-0.2, -0.15) is 0 Å². The summed E-state index contributed by atoms with van der Waals surface area (Å²) < 4.78 is 0. The number of carbonyl (C=O) groups excluding carboxylic acids is 3. The zero-order valence-electron chi connectivity index (χ0n) is 13.1. The van der Waals surface area contributed by atoms with Crippen LogP contribution in [0.15, 0.2) is 24.3 Å². The molecule has 0 unspecified atom stereocenters. The fourth-order valence-corrected chi connectivity index (χ4v) is 2.19. The molecule has 1 aromatic rings. The van der Waals surface area contributed by atoms with E-state index in [1.165, 1.54) is 0 Å². The van der Waals surface area contributed by atoms with Crippen LogP contribution >= 0.6 is 0 Å². The zero-order valence-corrected chi connectivity index (χ0v) is 13.1. The highest BCUT2D eigenvalue weighted by atomic mass is 16.2. The van der Waals surface area contributed by atoms with E-state index in [0.29, 0.717) is 5.56 Å². The van der Waals surface area contributed by atoms with Gasteiger partial charge in [0.2, 0.25) is 5.91 Å². The van der Waals surface area contributed by atoms with E-state index in [-0.39, 0.29) is 36.9 Å². The molecule has 1 fully saturated rings. The van der Waals surface area contributed by atoms with Crippen molar-refractivity contribution in [2.75, 3.05) is 19.6 Å². The molecule has 1 aliphatic rings. The third-order valence-electron chi connectivity index (χ3n) is 3.57. The van der Waals surface area contributed by atoms with Crippen molar-refractivity contribution in [3.8, 4) is 0 Å². The Balaban J connectivity index is 1.87. The number of nitrogens with zero attached hydrogens (tertiary/aromatic N) is 1. The van der Waals surface area contributed by atoms with Crippen molar-refractivity contribution in [1.29, 1.82) is 0 Å². The van der Waals surface area contributed by atoms with Crippen LogP contribution in [0.3, 0.4) is 0 Å². The number of carbonyl (C=O) groups is 3. The summed E-state index contributed by atoms with van der Waals surface area (Å²) >= 11 is 0. The Morgan fingerprint density at radius 1 is 1.23 bits per heavy atom. The molecule has 0 atom stereocenters. The van der Waals surface area contributed by atoms with E-state index in [9.17, 15) is 14.4 Å². The molecule has 0 aromatic heterocycles. The second kappa shape index (κ2) is 6.17. The maximum Gasteiger partial charge on any atom is 0.324 e. The van der Waals surface area contributed by atoms with E-state index in [4.69, 9.17) is 0 Å². The molecule has 0 aliphatic carbocycles. The van der Waals surface area contributed by atoms with Gasteiger partial charge in [0.25, 0.3) is 5.91 Å². The van der Waals surface area contributed by atoms with Crippen molar-refractivity contribution in [2.24, 2.45) is 0 Å². The quantitative estimate of drug-likeness (QED) is 0.822. The summed E-state index contributed by atoms with van der Waals surface area (Å²) in [7, 11) is 0. The largest absolute Gasteiger partial charge is 0.350 e. The number of hydrogen-bond donors (Lipinski definition) is 2. The normalized spacial score (nSPS) is 15.0. The van der Waals surface area contributed by atoms with Gasteiger partial charge in [-0.1, -0.05) is 32.9 Å². The molecular weight excluding hydrogens is 282 g/mol. The van der Waals surface area contributed by atoms with Gasteiger partial charge in [0.05, 0.1) is 6.54 Å². The molecule has 1 aliphatic heterocycles. The Bertz CT molecular complexity index is 572. The van der Waals surface area contributed by atoms with Crippen LogP contribution in [0.4, 0.5) is 4.79 Å². The summed E-state index contributed by atoms with van der Waals surface area (Å²) in [5, 5.41) is 5.15. The summed E-state index contributed by atoms with van der Waals surface area (Å²) in [6, 6.07) is 7.03. The standard InChI is InChI=1S/C16H21N3O3/c1-16(2,3)12-6-4-11(5-7-12)14(21)17-8-9-19-13(20)10-18-15(19)22/h4-7H,8-10H2,1-3H3,(H,17,21)(H,18,22). The lowest BCUT2D eigenvalue weighted by Gasteiger charge is -2.19. The highest BCUT2D eigenvalue weighted by Gasteiger charge is 2.27. The fourth-order valence-electron chi connectivity index (χ4n) is 2.19. The average molecular weight is 303 g/mol. The summed E-state index contributed by atoms with van der Waals surface area (Å²) in [6.07, 6.45) is 0. The van der Waals surface area contributed by atoms with E-state index in [1.807, 2.05) is 12.1 Å². The van der Waals surface area contributed by atoms with Gasteiger partial charge in [0.1, 0.15) is 0 Å². The number of hydrogen-bond acceptors (Lipinski definition) is 3. The molecule has 0 radical (unpaired) electrons. The van der Waals surface area contributed by atoms with Crippen molar-refractivity contribution in [1.82, 2.24) is 15.5 Å². The number of imide groups is 1. The van der Waals surface area contributed by atoms with Crippen LogP contribution < -0.4 is 10.6 Å². The molecular formula is C16H21N3O3. The number of amides is 4. The molecule has 6 heteroatoms. The first-order chi connectivity index (χ1) is 10.3. The highest BCUT2D eigenvalue weighted by molar-refractivity contribution is 6.02. The van der Waals surface area contributed by atoms with Crippen LogP contribution in [0, 0.1) is 0 Å². The van der Waals surface area contributed by atoms with E-state index < -0.39 is 6.03 Å². The van der Waals surface area contributed by atoms with Crippen LogP contribution in [0.2, 0.25) is 0 Å². The predicted molar refractivity (Wildman–Crippen MR) is 82.6 cm³/mol. The Morgan fingerprint density at radius 2 is 1.86 bits per heavy atom. The molecule has 2 rings (SSSR count). The molecule has 118 valence electrons. The minimum atomic E-state index is -0.409. The van der Waals surface area contributed by atoms with Gasteiger partial charge in [0, 0.05) is 18.7 Å². The van der Waals surface area contributed by atoms with Gasteiger partial charge in [-0.15, -0.1) is 0 Å². The molecule has 2 N–H and O–H groups in total. The summed E-state index contributed by atoms with van der Waals surface area (Å²) in [5.74, 6) is -0.485. The van der Waals surface area contributed by atoms with Crippen molar-refractivity contribution in [3.05, 3.63) is 35.4 Å². The van der Waals surface area contributed by atoms with Crippen LogP contribution in [0.5, 0.6) is 0 Å². The minimum absolute atomic E-state index is 0.0288. The van der Waals surface area contributed by atoms with E-state index in [2.05, 4.69) is 31.4 Å². The van der Waals surface area contributed by atoms with Gasteiger partial charge < -0.3 is 10.6 Å². The van der Waals surface area contributed by atoms with Crippen molar-refractivity contribution < 1.29 is 14.4 Å². The maximum absolute atomic E-state index is 12.0. The van der Waals surface area contributed by atoms with Gasteiger partial charge >= 0.3 is 6.03 Å². The second-order valence-corrected chi connectivity index (χ2v) is 6.29. The van der Waals surface area contributed by atoms with Gasteiger partial charge in [0.15, 0.2) is 0 Å². The fraction of sp³-hybridized carbons (Fsp3) is 0.438. The summed E-state index contributed by atoms with van der Waals surface area (Å²) in [6.45, 7) is 6.77. The van der Waals surface area contributed by atoms with E-state index in [1.54, 1.807) is 12.1 Å².